The zero-order valence-corrected chi connectivity index (χ0v) is 14.1. The molecule has 9 heteroatoms. The van der Waals surface area contributed by atoms with Crippen LogP contribution >= 0.6 is 0 Å². The van der Waals surface area contributed by atoms with Crippen LogP contribution in [0.3, 0.4) is 0 Å². The van der Waals surface area contributed by atoms with Gasteiger partial charge in [-0.25, -0.2) is 8.42 Å². The van der Waals surface area contributed by atoms with Gasteiger partial charge in [0.2, 0.25) is 22.3 Å². The Kier molecular flexibility index (Phi) is 5.41. The molecule has 0 atom stereocenters. The minimum atomic E-state index is -3.65. The molecule has 1 aromatic carbocycles. The van der Waals surface area contributed by atoms with Crippen LogP contribution in [0.4, 0.5) is 5.69 Å². The zero-order valence-electron chi connectivity index (χ0n) is 13.3. The second kappa shape index (κ2) is 7.31. The smallest absolute Gasteiger partial charge is 0.243 e. The van der Waals surface area contributed by atoms with E-state index in [0.29, 0.717) is 37.4 Å². The van der Waals surface area contributed by atoms with Crippen LogP contribution in [0.15, 0.2) is 24.3 Å². The van der Waals surface area contributed by atoms with Gasteiger partial charge in [-0.15, -0.1) is 0 Å². The molecular formula is C15H18N4O4S. The highest BCUT2D eigenvalue weighted by molar-refractivity contribution is 7.92. The van der Waals surface area contributed by atoms with E-state index in [1.54, 1.807) is 9.80 Å². The number of nitrogens with zero attached hydrogens (tertiary/aromatic N) is 4. The van der Waals surface area contributed by atoms with Crippen molar-refractivity contribution in [1.29, 1.82) is 5.26 Å². The Morgan fingerprint density at radius 2 is 1.83 bits per heavy atom. The first-order valence-electron chi connectivity index (χ1n) is 7.30. The van der Waals surface area contributed by atoms with E-state index < -0.39 is 10.0 Å². The van der Waals surface area contributed by atoms with Gasteiger partial charge in [0, 0.05) is 26.2 Å². The van der Waals surface area contributed by atoms with Gasteiger partial charge in [0.1, 0.15) is 6.54 Å². The molecule has 2 amide bonds. The number of amides is 2. The van der Waals surface area contributed by atoms with Gasteiger partial charge < -0.3 is 9.80 Å². The van der Waals surface area contributed by atoms with E-state index in [1.807, 2.05) is 6.07 Å². The molecule has 0 bridgehead atoms. The van der Waals surface area contributed by atoms with E-state index in [9.17, 15) is 18.0 Å². The molecule has 0 aliphatic carbocycles. The second-order valence-corrected chi connectivity index (χ2v) is 7.36. The Morgan fingerprint density at radius 1 is 1.25 bits per heavy atom. The number of piperazine rings is 1. The minimum Gasteiger partial charge on any atom is -0.342 e. The maximum Gasteiger partial charge on any atom is 0.243 e. The number of anilines is 1. The fourth-order valence-corrected chi connectivity index (χ4v) is 3.25. The van der Waals surface area contributed by atoms with Gasteiger partial charge in [0.25, 0.3) is 0 Å². The van der Waals surface area contributed by atoms with Crippen LogP contribution < -0.4 is 4.31 Å². The van der Waals surface area contributed by atoms with Crippen LogP contribution in [0, 0.1) is 11.3 Å². The van der Waals surface area contributed by atoms with Crippen LogP contribution in [0.1, 0.15) is 5.56 Å². The predicted octanol–water partition coefficient (Wildman–Crippen LogP) is -0.375. The Morgan fingerprint density at radius 3 is 2.29 bits per heavy atom. The second-order valence-electron chi connectivity index (χ2n) is 5.45. The maximum absolute atomic E-state index is 12.4. The number of benzene rings is 1. The summed E-state index contributed by atoms with van der Waals surface area (Å²) < 4.78 is 25.1. The fraction of sp³-hybridized carbons (Fsp3) is 0.400. The van der Waals surface area contributed by atoms with E-state index in [4.69, 9.17) is 5.26 Å². The number of carbonyl (C=O) groups excluding carboxylic acids is 2. The molecule has 128 valence electrons. The fourth-order valence-electron chi connectivity index (χ4n) is 2.40. The summed E-state index contributed by atoms with van der Waals surface area (Å²) in [6.45, 7) is 1.31. The molecule has 24 heavy (non-hydrogen) atoms. The van der Waals surface area contributed by atoms with E-state index in [0.717, 1.165) is 17.0 Å². The summed E-state index contributed by atoms with van der Waals surface area (Å²) in [7, 11) is -3.65. The van der Waals surface area contributed by atoms with Crippen LogP contribution in [0.25, 0.3) is 0 Å². The molecule has 1 aromatic rings. The summed E-state index contributed by atoms with van der Waals surface area (Å²) in [6.07, 6.45) is 1.77. The van der Waals surface area contributed by atoms with Crippen molar-refractivity contribution < 1.29 is 18.0 Å². The summed E-state index contributed by atoms with van der Waals surface area (Å²) >= 11 is 0. The standard InChI is InChI=1S/C15H18N4O4S/c1-24(22,23)19(14-4-2-13(10-16)3-5-14)11-15(21)18-8-6-17(12-20)7-9-18/h2-5,12H,6-9,11H2,1H3. The third-order valence-corrected chi connectivity index (χ3v) is 4.92. The Bertz CT molecular complexity index is 747. The number of nitriles is 1. The van der Waals surface area contributed by atoms with Gasteiger partial charge in [-0.05, 0) is 24.3 Å². The highest BCUT2D eigenvalue weighted by atomic mass is 32.2. The molecule has 0 radical (unpaired) electrons. The van der Waals surface area contributed by atoms with Crippen molar-refractivity contribution in [3.63, 3.8) is 0 Å². The number of hydrogen-bond acceptors (Lipinski definition) is 5. The van der Waals surface area contributed by atoms with Gasteiger partial charge in [0.15, 0.2) is 0 Å². The summed E-state index contributed by atoms with van der Waals surface area (Å²) in [4.78, 5) is 26.2. The van der Waals surface area contributed by atoms with Crippen molar-refractivity contribution in [2.45, 2.75) is 0 Å². The predicted molar refractivity (Wildman–Crippen MR) is 87.6 cm³/mol. The first-order chi connectivity index (χ1) is 11.3. The molecule has 0 spiro atoms. The normalized spacial score (nSPS) is 14.8. The van der Waals surface area contributed by atoms with E-state index in [-0.39, 0.29) is 12.5 Å². The molecule has 1 aliphatic heterocycles. The van der Waals surface area contributed by atoms with E-state index in [1.165, 1.54) is 24.3 Å². The molecule has 0 aromatic heterocycles. The molecule has 8 nitrogen and oxygen atoms in total. The van der Waals surface area contributed by atoms with Crippen molar-refractivity contribution in [3.05, 3.63) is 29.8 Å². The summed E-state index contributed by atoms with van der Waals surface area (Å²) in [5, 5.41) is 8.81. The van der Waals surface area contributed by atoms with Gasteiger partial charge in [0.05, 0.1) is 23.6 Å². The number of hydrogen-bond donors (Lipinski definition) is 0. The van der Waals surface area contributed by atoms with Crippen molar-refractivity contribution in [1.82, 2.24) is 9.80 Å². The lowest BCUT2D eigenvalue weighted by molar-refractivity contribution is -0.133. The maximum atomic E-state index is 12.4. The van der Waals surface area contributed by atoms with Crippen molar-refractivity contribution in [2.75, 3.05) is 43.3 Å². The number of sulfonamides is 1. The van der Waals surface area contributed by atoms with Crippen LogP contribution in [0.5, 0.6) is 0 Å². The molecule has 2 rings (SSSR count). The molecule has 1 aliphatic rings. The van der Waals surface area contributed by atoms with E-state index >= 15 is 0 Å². The van der Waals surface area contributed by atoms with E-state index in [2.05, 4.69) is 0 Å². The van der Waals surface area contributed by atoms with Crippen LogP contribution in [-0.2, 0) is 19.6 Å². The molecule has 0 saturated carbocycles. The first-order valence-corrected chi connectivity index (χ1v) is 9.15. The number of rotatable bonds is 5. The lowest BCUT2D eigenvalue weighted by Crippen LogP contribution is -2.51. The molecule has 1 fully saturated rings. The molecule has 0 unspecified atom stereocenters. The van der Waals surface area contributed by atoms with Gasteiger partial charge >= 0.3 is 0 Å². The average molecular weight is 350 g/mol. The van der Waals surface area contributed by atoms with Crippen molar-refractivity contribution in [2.24, 2.45) is 0 Å². The third-order valence-electron chi connectivity index (χ3n) is 3.78. The summed E-state index contributed by atoms with van der Waals surface area (Å²) in [5.41, 5.74) is 0.736. The van der Waals surface area contributed by atoms with Gasteiger partial charge in [-0.3, -0.25) is 13.9 Å². The Hall–Kier alpha value is -2.60. The molecule has 0 N–H and O–H groups in total. The number of carbonyl (C=O) groups is 2. The lowest BCUT2D eigenvalue weighted by atomic mass is 10.2. The molecular weight excluding hydrogens is 332 g/mol. The topological polar surface area (TPSA) is 102 Å². The first kappa shape index (κ1) is 17.7. The van der Waals surface area contributed by atoms with Crippen LogP contribution in [-0.4, -0.2) is 69.5 Å². The third kappa shape index (κ3) is 4.23. The summed E-state index contributed by atoms with van der Waals surface area (Å²) in [6, 6.07) is 7.95. The zero-order chi connectivity index (χ0) is 17.7. The minimum absolute atomic E-state index is 0.314. The average Bonchev–Trinajstić information content (AvgIpc) is 2.58. The van der Waals surface area contributed by atoms with Crippen molar-refractivity contribution >= 4 is 28.0 Å². The lowest BCUT2D eigenvalue weighted by Gasteiger charge is -2.34. The highest BCUT2D eigenvalue weighted by Crippen LogP contribution is 2.18. The quantitative estimate of drug-likeness (QED) is 0.674. The highest BCUT2D eigenvalue weighted by Gasteiger charge is 2.26. The van der Waals surface area contributed by atoms with Gasteiger partial charge in [-0.2, -0.15) is 5.26 Å². The Balaban J connectivity index is 2.13. The Labute approximate surface area is 140 Å². The molecule has 1 heterocycles. The SMILES string of the molecule is CS(=O)(=O)N(CC(=O)N1CCN(C=O)CC1)c1ccc(C#N)cc1. The van der Waals surface area contributed by atoms with Crippen molar-refractivity contribution in [3.8, 4) is 6.07 Å². The summed E-state index contributed by atoms with van der Waals surface area (Å²) in [5.74, 6) is -0.324. The van der Waals surface area contributed by atoms with Gasteiger partial charge in [-0.1, -0.05) is 0 Å². The molecule has 1 saturated heterocycles. The monoisotopic (exact) mass is 350 g/mol. The largest absolute Gasteiger partial charge is 0.342 e. The van der Waals surface area contributed by atoms with Crippen LogP contribution in [0.2, 0.25) is 0 Å².